The van der Waals surface area contributed by atoms with Gasteiger partial charge in [-0.1, -0.05) is 56.5 Å². The average Bonchev–Trinajstić information content (AvgIpc) is 2.80. The SMILES string of the molecule is CCCN1CCCc2cc(CN(C(=S)Nc3ccc(C)cc3C)[C@H]3CCCC[C@H]3C)ccc21. The number of fused-ring (bicyclic) bond motifs is 1. The first kappa shape index (κ1) is 24.1. The summed E-state index contributed by atoms with van der Waals surface area (Å²) in [5.74, 6) is 0.662. The molecule has 178 valence electrons. The molecule has 1 fully saturated rings. The van der Waals surface area contributed by atoms with Crippen molar-refractivity contribution in [1.82, 2.24) is 4.90 Å². The minimum absolute atomic E-state index is 0.497. The summed E-state index contributed by atoms with van der Waals surface area (Å²) >= 11 is 6.06. The van der Waals surface area contributed by atoms with Gasteiger partial charge in [-0.2, -0.15) is 0 Å². The van der Waals surface area contributed by atoms with E-state index in [1.807, 2.05) is 0 Å². The normalized spacial score (nSPS) is 20.3. The van der Waals surface area contributed by atoms with E-state index in [1.54, 1.807) is 0 Å². The number of rotatable bonds is 6. The molecule has 1 heterocycles. The number of anilines is 2. The fourth-order valence-electron chi connectivity index (χ4n) is 5.77. The van der Waals surface area contributed by atoms with Gasteiger partial charge in [0.15, 0.2) is 5.11 Å². The quantitative estimate of drug-likeness (QED) is 0.455. The molecule has 4 heteroatoms. The molecule has 2 atom stereocenters. The summed E-state index contributed by atoms with van der Waals surface area (Å²) in [7, 11) is 0. The van der Waals surface area contributed by atoms with Gasteiger partial charge in [0.1, 0.15) is 0 Å². The van der Waals surface area contributed by atoms with Crippen LogP contribution < -0.4 is 10.2 Å². The maximum atomic E-state index is 6.06. The van der Waals surface area contributed by atoms with Crippen molar-refractivity contribution in [1.29, 1.82) is 0 Å². The van der Waals surface area contributed by atoms with Crippen molar-refractivity contribution < 1.29 is 0 Å². The fraction of sp³-hybridized carbons (Fsp3) is 0.552. The lowest BCUT2D eigenvalue weighted by atomic mass is 9.84. The monoisotopic (exact) mass is 463 g/mol. The third kappa shape index (κ3) is 5.71. The predicted molar refractivity (Wildman–Crippen MR) is 146 cm³/mol. The number of thiocarbonyl (C=S) groups is 1. The van der Waals surface area contributed by atoms with Crippen molar-refractivity contribution in [3.63, 3.8) is 0 Å². The van der Waals surface area contributed by atoms with E-state index in [4.69, 9.17) is 12.2 Å². The number of hydrogen-bond donors (Lipinski definition) is 1. The molecule has 1 aliphatic carbocycles. The van der Waals surface area contributed by atoms with E-state index in [2.05, 4.69) is 79.2 Å². The highest BCUT2D eigenvalue weighted by molar-refractivity contribution is 7.80. The molecule has 2 aromatic carbocycles. The van der Waals surface area contributed by atoms with E-state index in [0.29, 0.717) is 12.0 Å². The molecule has 2 aliphatic rings. The van der Waals surface area contributed by atoms with Crippen LogP contribution in [-0.2, 0) is 13.0 Å². The van der Waals surface area contributed by atoms with Gasteiger partial charge in [-0.25, -0.2) is 0 Å². The topological polar surface area (TPSA) is 18.5 Å². The van der Waals surface area contributed by atoms with Gasteiger partial charge >= 0.3 is 0 Å². The summed E-state index contributed by atoms with van der Waals surface area (Å²) in [5, 5.41) is 4.48. The highest BCUT2D eigenvalue weighted by Gasteiger charge is 2.29. The number of aryl methyl sites for hydroxylation is 3. The van der Waals surface area contributed by atoms with Crippen molar-refractivity contribution in [3.8, 4) is 0 Å². The number of nitrogens with zero attached hydrogens (tertiary/aromatic N) is 2. The van der Waals surface area contributed by atoms with Crippen LogP contribution in [0.15, 0.2) is 36.4 Å². The Kier molecular flexibility index (Phi) is 7.95. The van der Waals surface area contributed by atoms with E-state index in [0.717, 1.165) is 23.9 Å². The molecule has 0 radical (unpaired) electrons. The van der Waals surface area contributed by atoms with Crippen LogP contribution >= 0.6 is 12.2 Å². The Morgan fingerprint density at radius 2 is 1.91 bits per heavy atom. The zero-order valence-corrected chi connectivity index (χ0v) is 21.8. The van der Waals surface area contributed by atoms with Crippen LogP contribution in [0, 0.1) is 19.8 Å². The second-order valence-corrected chi connectivity index (χ2v) is 10.6. The molecule has 1 aliphatic heterocycles. The van der Waals surface area contributed by atoms with Crippen LogP contribution in [0.3, 0.4) is 0 Å². The van der Waals surface area contributed by atoms with Crippen molar-refractivity contribution in [3.05, 3.63) is 58.7 Å². The van der Waals surface area contributed by atoms with Gasteiger partial charge in [-0.05, 0) is 92.9 Å². The van der Waals surface area contributed by atoms with E-state index in [-0.39, 0.29) is 0 Å². The molecule has 0 unspecified atom stereocenters. The molecule has 33 heavy (non-hydrogen) atoms. The van der Waals surface area contributed by atoms with Crippen LogP contribution in [0.5, 0.6) is 0 Å². The summed E-state index contributed by atoms with van der Waals surface area (Å²) in [4.78, 5) is 5.06. The Morgan fingerprint density at radius 3 is 2.67 bits per heavy atom. The van der Waals surface area contributed by atoms with Crippen LogP contribution in [0.1, 0.15) is 74.6 Å². The first-order chi connectivity index (χ1) is 16.0. The Labute approximate surface area is 206 Å². The zero-order chi connectivity index (χ0) is 23.4. The first-order valence-corrected chi connectivity index (χ1v) is 13.4. The van der Waals surface area contributed by atoms with E-state index >= 15 is 0 Å². The molecule has 0 saturated heterocycles. The lowest BCUT2D eigenvalue weighted by Gasteiger charge is -2.40. The standard InChI is InChI=1S/C29H41N3S/c1-5-16-31-17-8-10-25-19-24(13-15-28(25)31)20-32(27-11-7-6-9-22(27)3)29(33)30-26-14-12-21(2)18-23(26)4/h12-15,18-19,22,27H,5-11,16-17,20H2,1-4H3,(H,30,33)/t22-,27+/m1/s1. The summed E-state index contributed by atoms with van der Waals surface area (Å²) < 4.78 is 0. The molecule has 2 aromatic rings. The van der Waals surface area contributed by atoms with Crippen molar-refractivity contribution in [2.45, 2.75) is 85.2 Å². The molecule has 4 rings (SSSR count). The molecule has 1 saturated carbocycles. The number of benzene rings is 2. The largest absolute Gasteiger partial charge is 0.371 e. The van der Waals surface area contributed by atoms with Gasteiger partial charge in [0.2, 0.25) is 0 Å². The minimum atomic E-state index is 0.497. The lowest BCUT2D eigenvalue weighted by molar-refractivity contribution is 0.177. The van der Waals surface area contributed by atoms with Gasteiger partial charge in [-0.15, -0.1) is 0 Å². The molecule has 0 amide bonds. The molecule has 0 aromatic heterocycles. The lowest BCUT2D eigenvalue weighted by Crippen LogP contribution is -2.46. The molecule has 0 spiro atoms. The van der Waals surface area contributed by atoms with Crippen molar-refractivity contribution >= 4 is 28.7 Å². The minimum Gasteiger partial charge on any atom is -0.371 e. The predicted octanol–water partition coefficient (Wildman–Crippen LogP) is 7.24. The molecule has 1 N–H and O–H groups in total. The second kappa shape index (κ2) is 10.9. The van der Waals surface area contributed by atoms with Crippen LogP contribution in [0.25, 0.3) is 0 Å². The summed E-state index contributed by atoms with van der Waals surface area (Å²) in [6, 6.07) is 14.2. The zero-order valence-electron chi connectivity index (χ0n) is 21.0. The molecule has 0 bridgehead atoms. The van der Waals surface area contributed by atoms with Crippen molar-refractivity contribution in [2.75, 3.05) is 23.3 Å². The van der Waals surface area contributed by atoms with E-state index in [1.165, 1.54) is 79.4 Å². The second-order valence-electron chi connectivity index (χ2n) is 10.3. The average molecular weight is 464 g/mol. The third-order valence-electron chi connectivity index (χ3n) is 7.56. The Hall–Kier alpha value is -2.07. The van der Waals surface area contributed by atoms with Gasteiger partial charge in [0.05, 0.1) is 0 Å². The summed E-state index contributed by atoms with van der Waals surface area (Å²) in [5.41, 5.74) is 8.00. The van der Waals surface area contributed by atoms with Gasteiger partial charge in [-0.3, -0.25) is 0 Å². The van der Waals surface area contributed by atoms with Crippen molar-refractivity contribution in [2.24, 2.45) is 5.92 Å². The summed E-state index contributed by atoms with van der Waals surface area (Å²) in [6.45, 7) is 12.2. The van der Waals surface area contributed by atoms with Gasteiger partial charge in [0.25, 0.3) is 0 Å². The third-order valence-corrected chi connectivity index (χ3v) is 7.89. The van der Waals surface area contributed by atoms with E-state index in [9.17, 15) is 0 Å². The van der Waals surface area contributed by atoms with Crippen LogP contribution in [-0.4, -0.2) is 29.1 Å². The first-order valence-electron chi connectivity index (χ1n) is 13.0. The molecular weight excluding hydrogens is 422 g/mol. The van der Waals surface area contributed by atoms with E-state index < -0.39 is 0 Å². The van der Waals surface area contributed by atoms with Gasteiger partial charge < -0.3 is 15.1 Å². The maximum Gasteiger partial charge on any atom is 0.173 e. The highest BCUT2D eigenvalue weighted by atomic mass is 32.1. The van der Waals surface area contributed by atoms with Crippen LogP contribution in [0.2, 0.25) is 0 Å². The van der Waals surface area contributed by atoms with Gasteiger partial charge in [0, 0.05) is 37.1 Å². The molecule has 3 nitrogen and oxygen atoms in total. The molecular formula is C29H41N3S. The Balaban J connectivity index is 1.58. The van der Waals surface area contributed by atoms with Crippen LogP contribution in [0.4, 0.5) is 11.4 Å². The fourth-order valence-corrected chi connectivity index (χ4v) is 6.08. The number of hydrogen-bond acceptors (Lipinski definition) is 2. The smallest absolute Gasteiger partial charge is 0.173 e. The summed E-state index contributed by atoms with van der Waals surface area (Å²) in [6.07, 6.45) is 8.81. The highest BCUT2D eigenvalue weighted by Crippen LogP contribution is 2.32. The Bertz CT molecular complexity index is 969. The maximum absolute atomic E-state index is 6.06. The number of nitrogens with one attached hydrogen (secondary N) is 1. The Morgan fingerprint density at radius 1 is 1.09 bits per heavy atom.